The second-order valence-electron chi connectivity index (χ2n) is 4.09. The summed E-state index contributed by atoms with van der Waals surface area (Å²) in [6, 6.07) is 0. The minimum Gasteiger partial charge on any atom is -0.368 e. The van der Waals surface area contributed by atoms with Crippen LogP contribution in [0.2, 0.25) is 0 Å². The van der Waals surface area contributed by atoms with E-state index in [4.69, 9.17) is 19.0 Å². The Morgan fingerprint density at radius 1 is 1.47 bits per heavy atom. The minimum atomic E-state index is -4.64. The highest BCUT2D eigenvalue weighted by atomic mass is 31.2. The SMILES string of the molecule is C[P+](C)(O)OCC1OC(O)CC1OP(=O)(O)O. The van der Waals surface area contributed by atoms with Gasteiger partial charge in [0.05, 0.1) is 0 Å². The molecule has 3 unspecified atom stereocenters. The minimum absolute atomic E-state index is 0.0521. The van der Waals surface area contributed by atoms with E-state index in [2.05, 4.69) is 4.52 Å². The second kappa shape index (κ2) is 5.57. The summed E-state index contributed by atoms with van der Waals surface area (Å²) in [5, 5.41) is 9.23. The molecule has 1 aliphatic heterocycles. The van der Waals surface area contributed by atoms with Gasteiger partial charge in [0.2, 0.25) is 0 Å². The van der Waals surface area contributed by atoms with Crippen LogP contribution in [0.1, 0.15) is 6.42 Å². The predicted molar refractivity (Wildman–Crippen MR) is 59.4 cm³/mol. The van der Waals surface area contributed by atoms with E-state index in [1.165, 1.54) is 13.3 Å². The normalized spacial score (nSPS) is 30.8. The molecule has 0 aromatic heterocycles. The smallest absolute Gasteiger partial charge is 0.368 e. The summed E-state index contributed by atoms with van der Waals surface area (Å²) in [6.45, 7) is 2.92. The lowest BCUT2D eigenvalue weighted by Crippen LogP contribution is -2.28. The van der Waals surface area contributed by atoms with Crippen molar-refractivity contribution in [2.24, 2.45) is 0 Å². The molecule has 0 radical (unpaired) electrons. The summed E-state index contributed by atoms with van der Waals surface area (Å²) in [4.78, 5) is 26.8. The number of aliphatic hydroxyl groups excluding tert-OH is 1. The van der Waals surface area contributed by atoms with Crippen molar-refractivity contribution in [2.45, 2.75) is 24.9 Å². The average molecular weight is 291 g/mol. The van der Waals surface area contributed by atoms with E-state index in [1.54, 1.807) is 0 Å². The standard InChI is InChI=1S/C7H16O8P2/c1-16(2,9)13-4-6-5(3-7(8)14-6)15-17(10,11)12/h5-9H,3-4H2,1-2H3,(H-,10,11,12)/p+1. The molecule has 3 atom stereocenters. The van der Waals surface area contributed by atoms with Crippen LogP contribution in [0.5, 0.6) is 0 Å². The van der Waals surface area contributed by atoms with Crippen molar-refractivity contribution in [1.29, 1.82) is 0 Å². The Morgan fingerprint density at radius 3 is 2.53 bits per heavy atom. The number of hydrogen-bond acceptors (Lipinski definition) is 6. The number of rotatable bonds is 5. The highest BCUT2D eigenvalue weighted by molar-refractivity contribution is 7.63. The average Bonchev–Trinajstić information content (AvgIpc) is 2.38. The van der Waals surface area contributed by atoms with Crippen LogP contribution in [0.4, 0.5) is 0 Å². The first kappa shape index (κ1) is 15.4. The van der Waals surface area contributed by atoms with E-state index in [9.17, 15) is 14.6 Å². The van der Waals surface area contributed by atoms with Gasteiger partial charge in [-0.2, -0.15) is 0 Å². The number of phosphoric ester groups is 1. The van der Waals surface area contributed by atoms with E-state index < -0.39 is 34.0 Å². The molecule has 17 heavy (non-hydrogen) atoms. The zero-order chi connectivity index (χ0) is 13.3. The highest BCUT2D eigenvalue weighted by Gasteiger charge is 2.41. The summed E-state index contributed by atoms with van der Waals surface area (Å²) in [5.41, 5.74) is 0. The zero-order valence-electron chi connectivity index (χ0n) is 9.46. The fraction of sp³-hybridized carbons (Fsp3) is 1.00. The largest absolute Gasteiger partial charge is 0.469 e. The molecular formula is C7H17O8P2+. The summed E-state index contributed by atoms with van der Waals surface area (Å²) in [7, 11) is -7.12. The molecular weight excluding hydrogens is 274 g/mol. The maximum atomic E-state index is 10.7. The quantitative estimate of drug-likeness (QED) is 0.508. The van der Waals surface area contributed by atoms with E-state index in [0.717, 1.165) is 0 Å². The molecule has 10 heteroatoms. The van der Waals surface area contributed by atoms with Crippen LogP contribution in [-0.4, -0.2) is 58.2 Å². The first-order chi connectivity index (χ1) is 7.57. The Morgan fingerprint density at radius 2 is 2.06 bits per heavy atom. The van der Waals surface area contributed by atoms with Crippen molar-refractivity contribution < 1.29 is 38.1 Å². The summed E-state index contributed by atoms with van der Waals surface area (Å²) in [5.74, 6) is 0. The van der Waals surface area contributed by atoms with Crippen LogP contribution in [0.25, 0.3) is 0 Å². The van der Waals surface area contributed by atoms with E-state index in [1.807, 2.05) is 0 Å². The second-order valence-corrected chi connectivity index (χ2v) is 8.13. The molecule has 1 aliphatic rings. The molecule has 1 heterocycles. The van der Waals surface area contributed by atoms with Crippen molar-refractivity contribution in [2.75, 3.05) is 19.9 Å². The molecule has 0 saturated carbocycles. The number of phosphoric acid groups is 1. The molecule has 102 valence electrons. The van der Waals surface area contributed by atoms with E-state index >= 15 is 0 Å². The topological polar surface area (TPSA) is 126 Å². The van der Waals surface area contributed by atoms with Gasteiger partial charge in [0.1, 0.15) is 32.1 Å². The van der Waals surface area contributed by atoms with Crippen molar-refractivity contribution in [3.05, 3.63) is 0 Å². The maximum Gasteiger partial charge on any atom is 0.469 e. The summed E-state index contributed by atoms with van der Waals surface area (Å²) in [6.07, 6.45) is -2.98. The third-order valence-electron chi connectivity index (χ3n) is 2.01. The van der Waals surface area contributed by atoms with Gasteiger partial charge in [-0.3, -0.25) is 4.52 Å². The Balaban J connectivity index is 2.54. The Kier molecular flexibility index (Phi) is 5.06. The van der Waals surface area contributed by atoms with Gasteiger partial charge in [-0.1, -0.05) is 0 Å². The molecule has 0 aliphatic carbocycles. The van der Waals surface area contributed by atoms with Crippen LogP contribution >= 0.6 is 15.5 Å². The van der Waals surface area contributed by atoms with Gasteiger partial charge in [0, 0.05) is 6.42 Å². The van der Waals surface area contributed by atoms with Gasteiger partial charge in [0.15, 0.2) is 6.29 Å². The number of hydrogen-bond donors (Lipinski definition) is 4. The fourth-order valence-corrected chi connectivity index (χ4v) is 2.47. The van der Waals surface area contributed by atoms with Crippen molar-refractivity contribution >= 4 is 15.5 Å². The van der Waals surface area contributed by atoms with Crippen molar-refractivity contribution in [3.8, 4) is 0 Å². The first-order valence-corrected chi connectivity index (χ1v) is 8.94. The molecule has 0 aromatic carbocycles. The lowest BCUT2D eigenvalue weighted by Gasteiger charge is -2.19. The lowest BCUT2D eigenvalue weighted by molar-refractivity contribution is -0.104. The van der Waals surface area contributed by atoms with Crippen molar-refractivity contribution in [3.63, 3.8) is 0 Å². The molecule has 0 amide bonds. The maximum absolute atomic E-state index is 10.7. The number of aliphatic hydroxyl groups is 1. The Labute approximate surface area is 99.2 Å². The van der Waals surface area contributed by atoms with Crippen molar-refractivity contribution in [1.82, 2.24) is 0 Å². The first-order valence-electron chi connectivity index (χ1n) is 4.85. The van der Waals surface area contributed by atoms with Gasteiger partial charge in [-0.05, 0) is 0 Å². The highest BCUT2D eigenvalue weighted by Crippen LogP contribution is 2.48. The van der Waals surface area contributed by atoms with Gasteiger partial charge in [-0.25, -0.2) is 14.0 Å². The Bertz CT molecular complexity index is 297. The lowest BCUT2D eigenvalue weighted by atomic mass is 10.2. The van der Waals surface area contributed by atoms with E-state index in [0.29, 0.717) is 0 Å². The van der Waals surface area contributed by atoms with Crippen LogP contribution in [0.3, 0.4) is 0 Å². The van der Waals surface area contributed by atoms with Crippen LogP contribution in [0.15, 0.2) is 0 Å². The molecule has 4 N–H and O–H groups in total. The van der Waals surface area contributed by atoms with Crippen LogP contribution < -0.4 is 0 Å². The monoisotopic (exact) mass is 291 g/mol. The summed E-state index contributed by atoms with van der Waals surface area (Å²) < 4.78 is 25.3. The molecule has 1 rings (SSSR count). The summed E-state index contributed by atoms with van der Waals surface area (Å²) >= 11 is 0. The fourth-order valence-electron chi connectivity index (χ4n) is 1.39. The van der Waals surface area contributed by atoms with E-state index in [-0.39, 0.29) is 13.0 Å². The van der Waals surface area contributed by atoms with Gasteiger partial charge in [0.25, 0.3) is 7.72 Å². The molecule has 0 bridgehead atoms. The molecule has 1 fully saturated rings. The third kappa shape index (κ3) is 6.20. The van der Waals surface area contributed by atoms with Gasteiger partial charge < -0.3 is 19.6 Å². The van der Waals surface area contributed by atoms with Crippen LogP contribution in [0, 0.1) is 0 Å². The van der Waals surface area contributed by atoms with Gasteiger partial charge >= 0.3 is 7.82 Å². The molecule has 8 nitrogen and oxygen atoms in total. The number of ether oxygens (including phenoxy) is 1. The molecule has 1 saturated heterocycles. The molecule has 0 spiro atoms. The van der Waals surface area contributed by atoms with Crippen LogP contribution in [-0.2, 0) is 18.3 Å². The zero-order valence-corrected chi connectivity index (χ0v) is 11.3. The Hall–Kier alpha value is 0.380. The predicted octanol–water partition coefficient (Wildman–Crippen LogP) is -0.312. The molecule has 0 aromatic rings. The third-order valence-corrected chi connectivity index (χ3v) is 3.33. The van der Waals surface area contributed by atoms with Gasteiger partial charge in [-0.15, -0.1) is 0 Å².